The van der Waals surface area contributed by atoms with Crippen molar-refractivity contribution in [2.45, 2.75) is 25.4 Å². The number of aliphatic hydroxyl groups excluding tert-OH is 3. The highest BCUT2D eigenvalue weighted by Crippen LogP contribution is 2.25. The van der Waals surface area contributed by atoms with Crippen molar-refractivity contribution in [1.82, 2.24) is 5.32 Å². The van der Waals surface area contributed by atoms with Crippen molar-refractivity contribution in [3.8, 4) is 0 Å². The van der Waals surface area contributed by atoms with Crippen LogP contribution in [0.4, 0.5) is 4.79 Å². The molecule has 1 heterocycles. The first-order valence-electron chi connectivity index (χ1n) is 7.09. The van der Waals surface area contributed by atoms with Crippen molar-refractivity contribution >= 4 is 17.4 Å². The largest absolute Gasteiger partial charge is 0.445 e. The van der Waals surface area contributed by atoms with Crippen LogP contribution in [-0.2, 0) is 18.0 Å². The second-order valence-electron chi connectivity index (χ2n) is 4.91. The molecule has 2 aromatic rings. The normalized spacial score (nSPS) is 13.3. The third-order valence-electron chi connectivity index (χ3n) is 3.27. The number of hydrogen-bond acceptors (Lipinski definition) is 6. The van der Waals surface area contributed by atoms with Crippen LogP contribution in [0.25, 0.3) is 0 Å². The molecule has 0 spiro atoms. The third kappa shape index (κ3) is 5.04. The van der Waals surface area contributed by atoms with Crippen LogP contribution in [-0.4, -0.2) is 34.1 Å². The number of rotatable bonds is 7. The van der Waals surface area contributed by atoms with Gasteiger partial charge in [-0.2, -0.15) is 0 Å². The maximum absolute atomic E-state index is 11.6. The maximum Gasteiger partial charge on any atom is 0.407 e. The third-order valence-corrected chi connectivity index (χ3v) is 4.20. The van der Waals surface area contributed by atoms with Gasteiger partial charge in [0.15, 0.2) is 0 Å². The molecule has 124 valence electrons. The van der Waals surface area contributed by atoms with Crippen LogP contribution in [0.2, 0.25) is 0 Å². The van der Waals surface area contributed by atoms with Gasteiger partial charge in [0.2, 0.25) is 0 Å². The molecule has 0 saturated carbocycles. The lowest BCUT2D eigenvalue weighted by molar-refractivity contribution is 0.0176. The summed E-state index contributed by atoms with van der Waals surface area (Å²) in [5.74, 6) is 0. The standard InChI is InChI=1S/C16H19NO5S/c18-9-14-12(6-7-23-14)15(20)13(19)8-17-16(21)22-10-11-4-2-1-3-5-11/h1-7,13,15,18-20H,8-10H2,(H,17,21). The van der Waals surface area contributed by atoms with E-state index in [1.54, 1.807) is 11.4 Å². The van der Waals surface area contributed by atoms with E-state index in [0.29, 0.717) is 10.4 Å². The first-order chi connectivity index (χ1) is 11.1. The lowest BCUT2D eigenvalue weighted by Gasteiger charge is -2.18. The molecule has 7 heteroatoms. The molecule has 2 rings (SSSR count). The molecule has 1 aromatic heterocycles. The summed E-state index contributed by atoms with van der Waals surface area (Å²) in [4.78, 5) is 12.2. The molecule has 2 unspecified atom stereocenters. The zero-order valence-electron chi connectivity index (χ0n) is 12.4. The van der Waals surface area contributed by atoms with Gasteiger partial charge in [0.05, 0.1) is 6.61 Å². The molecule has 23 heavy (non-hydrogen) atoms. The van der Waals surface area contributed by atoms with Crippen LogP contribution in [0.5, 0.6) is 0 Å². The number of carbonyl (C=O) groups is 1. The first kappa shape index (κ1) is 17.4. The highest BCUT2D eigenvalue weighted by molar-refractivity contribution is 7.10. The Morgan fingerprint density at radius 1 is 1.22 bits per heavy atom. The van der Waals surface area contributed by atoms with Crippen LogP contribution >= 0.6 is 11.3 Å². The Kier molecular flexibility index (Phi) is 6.54. The molecule has 4 N–H and O–H groups in total. The van der Waals surface area contributed by atoms with Gasteiger partial charge < -0.3 is 25.4 Å². The number of carbonyl (C=O) groups excluding carboxylic acids is 1. The minimum atomic E-state index is -1.20. The lowest BCUT2D eigenvalue weighted by atomic mass is 10.1. The fourth-order valence-corrected chi connectivity index (χ4v) is 2.80. The Balaban J connectivity index is 1.77. The summed E-state index contributed by atoms with van der Waals surface area (Å²) < 4.78 is 5.01. The van der Waals surface area contributed by atoms with Gasteiger partial charge in [-0.05, 0) is 22.6 Å². The summed E-state index contributed by atoms with van der Waals surface area (Å²) in [6, 6.07) is 10.9. The predicted octanol–water partition coefficient (Wildman–Crippen LogP) is 1.56. The van der Waals surface area contributed by atoms with E-state index in [4.69, 9.17) is 9.84 Å². The Hall–Kier alpha value is -1.93. The number of nitrogens with one attached hydrogen (secondary N) is 1. The van der Waals surface area contributed by atoms with E-state index < -0.39 is 18.3 Å². The van der Waals surface area contributed by atoms with Gasteiger partial charge in [0.25, 0.3) is 0 Å². The van der Waals surface area contributed by atoms with Crippen LogP contribution in [0.1, 0.15) is 22.1 Å². The molecule has 2 atom stereocenters. The van der Waals surface area contributed by atoms with Crippen LogP contribution < -0.4 is 5.32 Å². The van der Waals surface area contributed by atoms with Crippen LogP contribution in [0.15, 0.2) is 41.8 Å². The number of ether oxygens (including phenoxy) is 1. The Labute approximate surface area is 138 Å². The summed E-state index contributed by atoms with van der Waals surface area (Å²) in [5, 5.41) is 33.3. The smallest absolute Gasteiger partial charge is 0.407 e. The number of alkyl carbamates (subject to hydrolysis) is 1. The van der Waals surface area contributed by atoms with E-state index in [1.165, 1.54) is 11.3 Å². The van der Waals surface area contributed by atoms with Gasteiger partial charge in [-0.3, -0.25) is 0 Å². The molecule has 0 aliphatic carbocycles. The fraction of sp³-hybridized carbons (Fsp3) is 0.312. The van der Waals surface area contributed by atoms with Gasteiger partial charge in [-0.15, -0.1) is 11.3 Å². The molecule has 0 bridgehead atoms. The fourth-order valence-electron chi connectivity index (χ4n) is 2.02. The van der Waals surface area contributed by atoms with Gasteiger partial charge in [-0.1, -0.05) is 30.3 Å². The molecule has 6 nitrogen and oxygen atoms in total. The number of amides is 1. The van der Waals surface area contributed by atoms with E-state index >= 15 is 0 Å². The zero-order valence-corrected chi connectivity index (χ0v) is 13.2. The molecular weight excluding hydrogens is 318 g/mol. The summed E-state index contributed by atoms with van der Waals surface area (Å²) in [6.07, 6.45) is -3.05. The van der Waals surface area contributed by atoms with E-state index in [0.717, 1.165) is 5.56 Å². The quantitative estimate of drug-likeness (QED) is 0.614. The van der Waals surface area contributed by atoms with E-state index in [2.05, 4.69) is 5.32 Å². The van der Waals surface area contributed by atoms with Crippen molar-refractivity contribution < 1.29 is 24.9 Å². The topological polar surface area (TPSA) is 99.0 Å². The second kappa shape index (κ2) is 8.64. The highest BCUT2D eigenvalue weighted by Gasteiger charge is 2.22. The van der Waals surface area contributed by atoms with Gasteiger partial charge in [-0.25, -0.2) is 4.79 Å². The van der Waals surface area contributed by atoms with Crippen molar-refractivity contribution in [2.75, 3.05) is 6.54 Å². The predicted molar refractivity (Wildman–Crippen MR) is 85.8 cm³/mol. The first-order valence-corrected chi connectivity index (χ1v) is 7.97. The van der Waals surface area contributed by atoms with Crippen molar-refractivity contribution in [3.63, 3.8) is 0 Å². The minimum absolute atomic E-state index is 0.129. The number of thiophene rings is 1. The maximum atomic E-state index is 11.6. The van der Waals surface area contributed by atoms with Crippen molar-refractivity contribution in [1.29, 1.82) is 0 Å². The Morgan fingerprint density at radius 3 is 2.65 bits per heavy atom. The summed E-state index contributed by atoms with van der Waals surface area (Å²) in [6.45, 7) is -0.233. The molecule has 0 aliphatic heterocycles. The van der Waals surface area contributed by atoms with Crippen molar-refractivity contribution in [2.24, 2.45) is 0 Å². The molecule has 1 aromatic carbocycles. The second-order valence-corrected chi connectivity index (χ2v) is 5.91. The van der Waals surface area contributed by atoms with Crippen LogP contribution in [0, 0.1) is 0 Å². The minimum Gasteiger partial charge on any atom is -0.445 e. The number of benzene rings is 1. The highest BCUT2D eigenvalue weighted by atomic mass is 32.1. The molecule has 0 fully saturated rings. The lowest BCUT2D eigenvalue weighted by Crippen LogP contribution is -2.35. The monoisotopic (exact) mass is 337 g/mol. The van der Waals surface area contributed by atoms with Crippen LogP contribution in [0.3, 0.4) is 0 Å². The van der Waals surface area contributed by atoms with Gasteiger partial charge >= 0.3 is 6.09 Å². The van der Waals surface area contributed by atoms with E-state index in [-0.39, 0.29) is 19.8 Å². The summed E-state index contributed by atoms with van der Waals surface area (Å²) in [5.41, 5.74) is 1.32. The molecule has 1 amide bonds. The molecule has 0 aliphatic rings. The zero-order chi connectivity index (χ0) is 16.7. The molecular formula is C16H19NO5S. The Morgan fingerprint density at radius 2 is 1.96 bits per heavy atom. The SMILES string of the molecule is O=C(NCC(O)C(O)c1ccsc1CO)OCc1ccccc1. The number of aliphatic hydroxyl groups is 3. The Bertz CT molecular complexity index is 616. The summed E-state index contributed by atoms with van der Waals surface area (Å²) >= 11 is 1.29. The summed E-state index contributed by atoms with van der Waals surface area (Å²) in [7, 11) is 0. The van der Waals surface area contributed by atoms with Crippen molar-refractivity contribution in [3.05, 3.63) is 57.8 Å². The average Bonchev–Trinajstić information content (AvgIpc) is 3.06. The van der Waals surface area contributed by atoms with E-state index in [9.17, 15) is 15.0 Å². The number of hydrogen-bond donors (Lipinski definition) is 4. The average molecular weight is 337 g/mol. The molecule has 0 saturated heterocycles. The van der Waals surface area contributed by atoms with Gasteiger partial charge in [0, 0.05) is 11.4 Å². The van der Waals surface area contributed by atoms with Gasteiger partial charge in [0.1, 0.15) is 18.8 Å². The van der Waals surface area contributed by atoms with E-state index in [1.807, 2.05) is 30.3 Å². The molecule has 0 radical (unpaired) electrons.